The van der Waals surface area contributed by atoms with Crippen LogP contribution in [-0.2, 0) is 17.5 Å². The minimum Gasteiger partial charge on any atom is -0.469 e. The summed E-state index contributed by atoms with van der Waals surface area (Å²) in [6, 6.07) is 8.54. The lowest BCUT2D eigenvalue weighted by Crippen LogP contribution is -2.28. The molecule has 3 rings (SSSR count). The predicted octanol–water partition coefficient (Wildman–Crippen LogP) is 4.06. The molecule has 23 heavy (non-hydrogen) atoms. The second kappa shape index (κ2) is 5.76. The molecule has 0 N–H and O–H groups in total. The molecule has 0 saturated heterocycles. The van der Waals surface area contributed by atoms with E-state index in [4.69, 9.17) is 4.42 Å². The number of furan rings is 1. The molecule has 1 amide bonds. The maximum absolute atomic E-state index is 12.5. The van der Waals surface area contributed by atoms with Gasteiger partial charge in [-0.05, 0) is 36.2 Å². The molecule has 2 atom stereocenters. The fraction of sp³-hybridized carbons (Fsp3) is 0.353. The molecule has 1 fully saturated rings. The Labute approximate surface area is 131 Å². The molecule has 1 aliphatic rings. The lowest BCUT2D eigenvalue weighted by molar-refractivity contribution is -0.137. The molecule has 122 valence electrons. The smallest absolute Gasteiger partial charge is 0.416 e. The summed E-state index contributed by atoms with van der Waals surface area (Å²) in [5, 5.41) is 0. The third kappa shape index (κ3) is 3.41. The van der Waals surface area contributed by atoms with Crippen molar-refractivity contribution in [1.29, 1.82) is 0 Å². The van der Waals surface area contributed by atoms with Crippen molar-refractivity contribution in [3.05, 3.63) is 59.5 Å². The number of hydrogen-bond donors (Lipinski definition) is 0. The van der Waals surface area contributed by atoms with Crippen molar-refractivity contribution in [1.82, 2.24) is 4.90 Å². The topological polar surface area (TPSA) is 33.5 Å². The number of alkyl halides is 3. The molecular weight excluding hydrogens is 307 g/mol. The molecule has 6 heteroatoms. The number of nitrogens with zero attached hydrogens (tertiary/aromatic N) is 1. The Morgan fingerprint density at radius 3 is 2.52 bits per heavy atom. The van der Waals surface area contributed by atoms with Crippen molar-refractivity contribution in [2.45, 2.75) is 25.1 Å². The van der Waals surface area contributed by atoms with Crippen LogP contribution in [0.5, 0.6) is 0 Å². The Morgan fingerprint density at radius 1 is 1.26 bits per heavy atom. The van der Waals surface area contributed by atoms with E-state index in [2.05, 4.69) is 0 Å². The van der Waals surface area contributed by atoms with E-state index in [9.17, 15) is 18.0 Å². The molecule has 2 unspecified atom stereocenters. The average Bonchev–Trinajstić information content (AvgIpc) is 3.11. The molecule has 1 heterocycles. The summed E-state index contributed by atoms with van der Waals surface area (Å²) in [5.74, 6) is 0.825. The lowest BCUT2D eigenvalue weighted by atomic mass is 10.1. The van der Waals surface area contributed by atoms with Gasteiger partial charge in [-0.25, -0.2) is 0 Å². The Balaban J connectivity index is 1.59. The molecule has 1 aliphatic carbocycles. The maximum atomic E-state index is 12.5. The number of halogens is 3. The van der Waals surface area contributed by atoms with Gasteiger partial charge in [0.15, 0.2) is 0 Å². The normalized spacial score (nSPS) is 20.3. The van der Waals surface area contributed by atoms with Crippen LogP contribution in [0.1, 0.15) is 29.2 Å². The average molecular weight is 323 g/mol. The molecule has 3 nitrogen and oxygen atoms in total. The maximum Gasteiger partial charge on any atom is 0.416 e. The monoisotopic (exact) mass is 323 g/mol. The van der Waals surface area contributed by atoms with Gasteiger partial charge in [0.2, 0.25) is 5.91 Å². The summed E-state index contributed by atoms with van der Waals surface area (Å²) in [6.07, 6.45) is -2.00. The van der Waals surface area contributed by atoms with Crippen LogP contribution in [0.4, 0.5) is 13.2 Å². The van der Waals surface area contributed by atoms with E-state index < -0.39 is 11.7 Å². The third-order valence-electron chi connectivity index (χ3n) is 4.09. The Kier molecular flexibility index (Phi) is 3.92. The quantitative estimate of drug-likeness (QED) is 0.850. The highest BCUT2D eigenvalue weighted by Gasteiger charge is 2.46. The van der Waals surface area contributed by atoms with Crippen LogP contribution in [0.25, 0.3) is 0 Å². The summed E-state index contributed by atoms with van der Waals surface area (Å²) < 4.78 is 42.9. The van der Waals surface area contributed by atoms with E-state index in [-0.39, 0.29) is 17.7 Å². The Hall–Kier alpha value is -2.24. The van der Waals surface area contributed by atoms with Crippen LogP contribution < -0.4 is 0 Å². The van der Waals surface area contributed by atoms with Crippen molar-refractivity contribution in [3.8, 4) is 0 Å². The molecule has 1 saturated carbocycles. The van der Waals surface area contributed by atoms with E-state index in [1.54, 1.807) is 24.3 Å². The van der Waals surface area contributed by atoms with Gasteiger partial charge in [0.05, 0.1) is 11.8 Å². The highest BCUT2D eigenvalue weighted by Crippen LogP contribution is 2.48. The number of carbonyl (C=O) groups excluding carboxylic acids is 1. The molecule has 1 aromatic heterocycles. The fourth-order valence-electron chi connectivity index (χ4n) is 2.72. The predicted molar refractivity (Wildman–Crippen MR) is 77.5 cm³/mol. The van der Waals surface area contributed by atoms with Gasteiger partial charge in [0.1, 0.15) is 5.76 Å². The summed E-state index contributed by atoms with van der Waals surface area (Å²) in [4.78, 5) is 13.9. The minimum absolute atomic E-state index is 0.00806. The van der Waals surface area contributed by atoms with Crippen LogP contribution in [-0.4, -0.2) is 17.9 Å². The number of rotatable bonds is 4. The van der Waals surface area contributed by atoms with E-state index in [1.165, 1.54) is 12.1 Å². The second-order valence-electron chi connectivity index (χ2n) is 5.85. The van der Waals surface area contributed by atoms with Gasteiger partial charge in [-0.2, -0.15) is 13.2 Å². The zero-order valence-corrected chi connectivity index (χ0v) is 12.5. The number of hydrogen-bond acceptors (Lipinski definition) is 2. The van der Waals surface area contributed by atoms with Gasteiger partial charge in [-0.3, -0.25) is 4.79 Å². The standard InChI is InChI=1S/C17H16F3NO2/c1-21(10-11-4-6-12(7-5-11)17(18,19)20)16(22)14-9-13(14)15-3-2-8-23-15/h2-8,13-14H,9-10H2,1H3. The first-order valence-corrected chi connectivity index (χ1v) is 7.31. The first-order chi connectivity index (χ1) is 10.9. The van der Waals surface area contributed by atoms with Crippen LogP contribution in [0.3, 0.4) is 0 Å². The highest BCUT2D eigenvalue weighted by molar-refractivity contribution is 5.82. The van der Waals surface area contributed by atoms with E-state index >= 15 is 0 Å². The molecule has 0 radical (unpaired) electrons. The first-order valence-electron chi connectivity index (χ1n) is 7.31. The van der Waals surface area contributed by atoms with Gasteiger partial charge < -0.3 is 9.32 Å². The van der Waals surface area contributed by atoms with Gasteiger partial charge in [-0.1, -0.05) is 12.1 Å². The van der Waals surface area contributed by atoms with E-state index in [0.29, 0.717) is 12.1 Å². The van der Waals surface area contributed by atoms with Crippen molar-refractivity contribution in [2.24, 2.45) is 5.92 Å². The Morgan fingerprint density at radius 2 is 1.96 bits per heavy atom. The van der Waals surface area contributed by atoms with E-state index in [0.717, 1.165) is 24.3 Å². The van der Waals surface area contributed by atoms with Crippen molar-refractivity contribution >= 4 is 5.91 Å². The lowest BCUT2D eigenvalue weighted by Gasteiger charge is -2.17. The van der Waals surface area contributed by atoms with Gasteiger partial charge >= 0.3 is 6.18 Å². The summed E-state index contributed by atoms with van der Waals surface area (Å²) >= 11 is 0. The third-order valence-corrected chi connectivity index (χ3v) is 4.09. The molecule has 0 bridgehead atoms. The van der Waals surface area contributed by atoms with Gasteiger partial charge in [0.25, 0.3) is 0 Å². The molecule has 1 aromatic carbocycles. The van der Waals surface area contributed by atoms with Crippen LogP contribution in [0.2, 0.25) is 0 Å². The highest BCUT2D eigenvalue weighted by atomic mass is 19.4. The fourth-order valence-corrected chi connectivity index (χ4v) is 2.72. The van der Waals surface area contributed by atoms with Crippen molar-refractivity contribution < 1.29 is 22.4 Å². The summed E-state index contributed by atoms with van der Waals surface area (Å²) in [7, 11) is 1.66. The van der Waals surface area contributed by atoms with Crippen molar-refractivity contribution in [2.75, 3.05) is 7.05 Å². The number of carbonyl (C=O) groups is 1. The molecule has 0 spiro atoms. The molecular formula is C17H16F3NO2. The largest absolute Gasteiger partial charge is 0.469 e. The van der Waals surface area contributed by atoms with Crippen LogP contribution in [0, 0.1) is 5.92 Å². The van der Waals surface area contributed by atoms with Gasteiger partial charge in [-0.15, -0.1) is 0 Å². The molecule has 2 aromatic rings. The summed E-state index contributed by atoms with van der Waals surface area (Å²) in [5.41, 5.74) is -0.0145. The molecule has 0 aliphatic heterocycles. The second-order valence-corrected chi connectivity index (χ2v) is 5.85. The number of benzene rings is 1. The minimum atomic E-state index is -4.34. The van der Waals surface area contributed by atoms with Gasteiger partial charge in [0, 0.05) is 25.4 Å². The zero-order valence-electron chi connectivity index (χ0n) is 12.5. The SMILES string of the molecule is CN(Cc1ccc(C(F)(F)F)cc1)C(=O)C1CC1c1ccco1. The Bertz CT molecular complexity index is 677. The van der Waals surface area contributed by atoms with Crippen LogP contribution >= 0.6 is 0 Å². The van der Waals surface area contributed by atoms with Crippen LogP contribution in [0.15, 0.2) is 47.1 Å². The van der Waals surface area contributed by atoms with E-state index in [1.807, 2.05) is 6.07 Å². The zero-order chi connectivity index (χ0) is 16.6. The van der Waals surface area contributed by atoms with Crippen molar-refractivity contribution in [3.63, 3.8) is 0 Å². The summed E-state index contributed by atoms with van der Waals surface area (Å²) in [6.45, 7) is 0.290. The number of amides is 1. The first kappa shape index (κ1) is 15.6.